The van der Waals surface area contributed by atoms with Crippen LogP contribution in [0, 0.1) is 0 Å². The Kier molecular flexibility index (Phi) is 17.5. The third-order valence-electron chi connectivity index (χ3n) is 6.02. The van der Waals surface area contributed by atoms with Crippen LogP contribution in [-0.4, -0.2) is 42.5 Å². The molecule has 0 spiro atoms. The summed E-state index contributed by atoms with van der Waals surface area (Å²) in [6.45, 7) is 5.35. The molecule has 0 aliphatic rings. The number of nitrogens with one attached hydrogen (secondary N) is 1. The molecule has 1 unspecified atom stereocenters. The second-order valence-corrected chi connectivity index (χ2v) is 9.31. The van der Waals surface area contributed by atoms with Gasteiger partial charge >= 0.3 is 24.0 Å². The molecule has 1 N–H and O–H groups in total. The number of rotatable bonds is 22. The van der Waals surface area contributed by atoms with Crippen LogP contribution in [0.15, 0.2) is 12.7 Å². The van der Waals surface area contributed by atoms with Gasteiger partial charge < -0.3 is 10.1 Å². The SMILES string of the molecule is C=CCC(NC(=O)C(F)(F)C(F)(F)C(F)(F)F)C(=O)OCCCCCCCCCCCCCCCCC. The maximum Gasteiger partial charge on any atom is 0.460 e. The van der Waals surface area contributed by atoms with Crippen molar-refractivity contribution in [3.63, 3.8) is 0 Å². The van der Waals surface area contributed by atoms with E-state index < -0.39 is 42.4 Å². The number of hydrogen-bond donors (Lipinski definition) is 1. The minimum absolute atomic E-state index is 0.101. The number of carbonyl (C=O) groups excluding carboxylic acids is 2. The van der Waals surface area contributed by atoms with E-state index in [0.717, 1.165) is 38.2 Å². The second kappa shape index (κ2) is 18.4. The Morgan fingerprint density at radius 1 is 0.757 bits per heavy atom. The fourth-order valence-electron chi connectivity index (χ4n) is 3.70. The highest BCUT2D eigenvalue weighted by Gasteiger charge is 2.76. The van der Waals surface area contributed by atoms with Crippen LogP contribution < -0.4 is 5.32 Å². The summed E-state index contributed by atoms with van der Waals surface area (Å²) in [7, 11) is 0. The van der Waals surface area contributed by atoms with Gasteiger partial charge in [-0.3, -0.25) is 4.79 Å². The molecular formula is C26H42F7NO3. The molecule has 4 nitrogen and oxygen atoms in total. The molecule has 218 valence electrons. The third-order valence-corrected chi connectivity index (χ3v) is 6.02. The fraction of sp³-hybridized carbons (Fsp3) is 0.846. The molecule has 37 heavy (non-hydrogen) atoms. The summed E-state index contributed by atoms with van der Waals surface area (Å²) in [5.74, 6) is -16.9. The second-order valence-electron chi connectivity index (χ2n) is 9.31. The van der Waals surface area contributed by atoms with E-state index >= 15 is 0 Å². The zero-order chi connectivity index (χ0) is 28.4. The van der Waals surface area contributed by atoms with Crippen molar-refractivity contribution in [3.8, 4) is 0 Å². The van der Waals surface area contributed by atoms with Crippen LogP contribution >= 0.6 is 0 Å². The molecule has 0 heterocycles. The maximum absolute atomic E-state index is 13.5. The van der Waals surface area contributed by atoms with Crippen LogP contribution in [0.4, 0.5) is 30.7 Å². The summed E-state index contributed by atoms with van der Waals surface area (Å²) in [6, 6.07) is -1.86. The summed E-state index contributed by atoms with van der Waals surface area (Å²) in [5, 5.41) is 1.23. The molecule has 0 saturated heterocycles. The molecule has 1 atom stereocenters. The molecule has 0 aromatic carbocycles. The van der Waals surface area contributed by atoms with Crippen molar-refractivity contribution in [1.82, 2.24) is 5.32 Å². The molecule has 1 amide bonds. The summed E-state index contributed by atoms with van der Waals surface area (Å²) >= 11 is 0. The van der Waals surface area contributed by atoms with E-state index in [1.165, 1.54) is 63.1 Å². The molecule has 0 fully saturated rings. The molecule has 0 bridgehead atoms. The Morgan fingerprint density at radius 2 is 1.16 bits per heavy atom. The van der Waals surface area contributed by atoms with Gasteiger partial charge in [-0.25, -0.2) is 4.79 Å². The number of amides is 1. The van der Waals surface area contributed by atoms with Crippen molar-refractivity contribution in [1.29, 1.82) is 0 Å². The first-order valence-electron chi connectivity index (χ1n) is 13.2. The first-order valence-corrected chi connectivity index (χ1v) is 13.2. The van der Waals surface area contributed by atoms with Crippen LogP contribution in [0.1, 0.15) is 110 Å². The van der Waals surface area contributed by atoms with Crippen LogP contribution in [-0.2, 0) is 14.3 Å². The van der Waals surface area contributed by atoms with E-state index in [2.05, 4.69) is 13.5 Å². The zero-order valence-electron chi connectivity index (χ0n) is 21.8. The van der Waals surface area contributed by atoms with E-state index in [9.17, 15) is 40.3 Å². The minimum atomic E-state index is -6.66. The molecule has 0 aromatic heterocycles. The van der Waals surface area contributed by atoms with E-state index in [0.29, 0.717) is 6.42 Å². The highest BCUT2D eigenvalue weighted by atomic mass is 19.4. The molecule has 0 saturated carbocycles. The van der Waals surface area contributed by atoms with Crippen molar-refractivity contribution in [2.24, 2.45) is 0 Å². The lowest BCUT2D eigenvalue weighted by molar-refractivity contribution is -0.344. The Labute approximate surface area is 215 Å². The zero-order valence-corrected chi connectivity index (χ0v) is 21.8. The number of carbonyl (C=O) groups is 2. The van der Waals surface area contributed by atoms with Gasteiger partial charge in [0, 0.05) is 0 Å². The van der Waals surface area contributed by atoms with Gasteiger partial charge in [-0.15, -0.1) is 6.58 Å². The Bertz CT molecular complexity index is 655. The van der Waals surface area contributed by atoms with Crippen LogP contribution in [0.3, 0.4) is 0 Å². The number of ether oxygens (including phenoxy) is 1. The fourth-order valence-corrected chi connectivity index (χ4v) is 3.70. The summed E-state index contributed by atoms with van der Waals surface area (Å²) in [4.78, 5) is 23.5. The van der Waals surface area contributed by atoms with Gasteiger partial charge in [-0.05, 0) is 12.8 Å². The van der Waals surface area contributed by atoms with Crippen LogP contribution in [0.25, 0.3) is 0 Å². The highest BCUT2D eigenvalue weighted by molar-refractivity contribution is 5.89. The lowest BCUT2D eigenvalue weighted by Crippen LogP contribution is -2.61. The number of halogens is 7. The average Bonchev–Trinajstić information content (AvgIpc) is 2.82. The first-order chi connectivity index (χ1) is 17.3. The quantitative estimate of drug-likeness (QED) is 0.0640. The van der Waals surface area contributed by atoms with E-state index in [1.54, 1.807) is 0 Å². The predicted octanol–water partition coefficient (Wildman–Crippen LogP) is 8.29. The van der Waals surface area contributed by atoms with Crippen molar-refractivity contribution in [2.45, 2.75) is 134 Å². The van der Waals surface area contributed by atoms with Gasteiger partial charge in [-0.1, -0.05) is 103 Å². The van der Waals surface area contributed by atoms with Gasteiger partial charge in [0.15, 0.2) is 0 Å². The number of alkyl halides is 7. The summed E-state index contributed by atoms with van der Waals surface area (Å²) in [6.07, 6.45) is 10.8. The summed E-state index contributed by atoms with van der Waals surface area (Å²) in [5.41, 5.74) is 0. The van der Waals surface area contributed by atoms with Gasteiger partial charge in [-0.2, -0.15) is 30.7 Å². The first kappa shape index (κ1) is 35.2. The largest absolute Gasteiger partial charge is 0.464 e. The van der Waals surface area contributed by atoms with E-state index in [1.807, 2.05) is 0 Å². The average molecular weight is 550 g/mol. The lowest BCUT2D eigenvalue weighted by atomic mass is 10.0. The van der Waals surface area contributed by atoms with Crippen molar-refractivity contribution >= 4 is 11.9 Å². The lowest BCUT2D eigenvalue weighted by Gasteiger charge is -2.28. The van der Waals surface area contributed by atoms with Crippen molar-refractivity contribution in [2.75, 3.05) is 6.61 Å². The van der Waals surface area contributed by atoms with Crippen LogP contribution in [0.2, 0.25) is 0 Å². The summed E-state index contributed by atoms with van der Waals surface area (Å²) < 4.78 is 94.7. The predicted molar refractivity (Wildman–Crippen MR) is 129 cm³/mol. The van der Waals surface area contributed by atoms with Gasteiger partial charge in [0.25, 0.3) is 5.91 Å². The van der Waals surface area contributed by atoms with Gasteiger partial charge in [0.2, 0.25) is 0 Å². The van der Waals surface area contributed by atoms with Gasteiger partial charge in [0.1, 0.15) is 6.04 Å². The molecule has 0 rings (SSSR count). The number of unbranched alkanes of at least 4 members (excludes halogenated alkanes) is 14. The Balaban J connectivity index is 4.11. The molecule has 0 aliphatic heterocycles. The van der Waals surface area contributed by atoms with E-state index in [-0.39, 0.29) is 6.61 Å². The topological polar surface area (TPSA) is 55.4 Å². The molecule has 0 aromatic rings. The molecule has 0 radical (unpaired) electrons. The normalized spacial score (nSPS) is 13.3. The monoisotopic (exact) mass is 549 g/mol. The Morgan fingerprint density at radius 3 is 1.54 bits per heavy atom. The molecular weight excluding hydrogens is 507 g/mol. The van der Waals surface area contributed by atoms with Crippen LogP contribution in [0.5, 0.6) is 0 Å². The Hall–Kier alpha value is -1.81. The standard InChI is InChI=1S/C26H42F7NO3/c1-3-5-6-7-8-9-10-11-12-13-14-15-16-17-18-20-37-22(35)21(19-4-2)34-23(36)24(27,28)25(29,30)26(31,32)33/h4,21H,2-3,5-20H2,1H3,(H,34,36). The highest BCUT2D eigenvalue weighted by Crippen LogP contribution is 2.46. The molecule has 0 aliphatic carbocycles. The van der Waals surface area contributed by atoms with E-state index in [4.69, 9.17) is 4.74 Å². The third kappa shape index (κ3) is 13.5. The number of esters is 1. The van der Waals surface area contributed by atoms with Crippen molar-refractivity contribution < 1.29 is 45.1 Å². The molecule has 11 heteroatoms. The maximum atomic E-state index is 13.5. The smallest absolute Gasteiger partial charge is 0.460 e. The van der Waals surface area contributed by atoms with Gasteiger partial charge in [0.05, 0.1) is 6.61 Å². The van der Waals surface area contributed by atoms with Crippen molar-refractivity contribution in [3.05, 3.63) is 12.7 Å². The number of hydrogen-bond acceptors (Lipinski definition) is 3. The minimum Gasteiger partial charge on any atom is -0.464 e.